The fourth-order valence-electron chi connectivity index (χ4n) is 2.91. The fraction of sp³-hybridized carbons (Fsp3) is 0.625. The molecule has 19 heavy (non-hydrogen) atoms. The molecule has 1 saturated heterocycles. The summed E-state index contributed by atoms with van der Waals surface area (Å²) in [7, 11) is 0. The number of aryl methyl sites for hydroxylation is 1. The minimum absolute atomic E-state index is 0.225. The van der Waals surface area contributed by atoms with Crippen LogP contribution in [0.25, 0.3) is 0 Å². The molecule has 0 saturated carbocycles. The first-order valence-electron chi connectivity index (χ1n) is 7.35. The van der Waals surface area contributed by atoms with Gasteiger partial charge in [0.15, 0.2) is 0 Å². The van der Waals surface area contributed by atoms with Crippen LogP contribution in [0.3, 0.4) is 0 Å². The third-order valence-electron chi connectivity index (χ3n) is 4.08. The van der Waals surface area contributed by atoms with E-state index in [4.69, 9.17) is 0 Å². The van der Waals surface area contributed by atoms with Gasteiger partial charge in [0, 0.05) is 25.2 Å². The number of hydrogen-bond acceptors (Lipinski definition) is 3. The molecule has 1 aliphatic rings. The van der Waals surface area contributed by atoms with E-state index >= 15 is 0 Å². The van der Waals surface area contributed by atoms with Crippen molar-refractivity contribution in [2.75, 3.05) is 26.2 Å². The molecule has 1 heterocycles. The summed E-state index contributed by atoms with van der Waals surface area (Å²) in [4.78, 5) is 2.39. The fourth-order valence-corrected chi connectivity index (χ4v) is 2.91. The average molecular weight is 262 g/mol. The van der Waals surface area contributed by atoms with Crippen LogP contribution in [-0.4, -0.2) is 42.3 Å². The average Bonchev–Trinajstić information content (AvgIpc) is 2.90. The van der Waals surface area contributed by atoms with Crippen molar-refractivity contribution in [2.24, 2.45) is 0 Å². The van der Waals surface area contributed by atoms with Crippen molar-refractivity contribution in [1.29, 1.82) is 0 Å². The molecule has 2 N–H and O–H groups in total. The topological polar surface area (TPSA) is 35.5 Å². The van der Waals surface area contributed by atoms with Crippen molar-refractivity contribution in [2.45, 2.75) is 38.8 Å². The van der Waals surface area contributed by atoms with Gasteiger partial charge in [-0.3, -0.25) is 4.90 Å². The van der Waals surface area contributed by atoms with Crippen LogP contribution in [0.4, 0.5) is 0 Å². The highest BCUT2D eigenvalue weighted by atomic mass is 16.3. The monoisotopic (exact) mass is 262 g/mol. The predicted molar refractivity (Wildman–Crippen MR) is 79.3 cm³/mol. The van der Waals surface area contributed by atoms with Crippen molar-refractivity contribution in [3.8, 4) is 0 Å². The molecule has 106 valence electrons. The van der Waals surface area contributed by atoms with Crippen LogP contribution >= 0.6 is 0 Å². The van der Waals surface area contributed by atoms with Gasteiger partial charge in [0.05, 0.1) is 6.61 Å². The van der Waals surface area contributed by atoms with E-state index in [1.807, 2.05) is 0 Å². The molecule has 0 spiro atoms. The molecule has 2 unspecified atom stereocenters. The smallest absolute Gasteiger partial charge is 0.0558 e. The van der Waals surface area contributed by atoms with Crippen LogP contribution in [0.15, 0.2) is 24.3 Å². The maximum atomic E-state index is 9.30. The van der Waals surface area contributed by atoms with Gasteiger partial charge in [-0.15, -0.1) is 0 Å². The Morgan fingerprint density at radius 1 is 1.47 bits per heavy atom. The molecule has 0 aromatic heterocycles. The highest BCUT2D eigenvalue weighted by Crippen LogP contribution is 2.22. The second-order valence-corrected chi connectivity index (χ2v) is 5.60. The molecule has 1 aromatic rings. The van der Waals surface area contributed by atoms with Gasteiger partial charge < -0.3 is 10.4 Å². The van der Waals surface area contributed by atoms with Gasteiger partial charge in [-0.2, -0.15) is 0 Å². The van der Waals surface area contributed by atoms with Crippen molar-refractivity contribution < 1.29 is 5.11 Å². The summed E-state index contributed by atoms with van der Waals surface area (Å²) in [6.45, 7) is 7.49. The minimum atomic E-state index is 0.225. The first-order chi connectivity index (χ1) is 9.20. The van der Waals surface area contributed by atoms with E-state index in [2.05, 4.69) is 48.3 Å². The van der Waals surface area contributed by atoms with Gasteiger partial charge in [-0.05, 0) is 38.8 Å². The number of hydrogen-bond donors (Lipinski definition) is 2. The third kappa shape index (κ3) is 4.03. The normalized spacial score (nSPS) is 20.9. The highest BCUT2D eigenvalue weighted by molar-refractivity contribution is 5.24. The van der Waals surface area contributed by atoms with E-state index in [-0.39, 0.29) is 6.61 Å². The minimum Gasteiger partial charge on any atom is -0.395 e. The molecule has 2 rings (SSSR count). The van der Waals surface area contributed by atoms with Crippen LogP contribution < -0.4 is 5.32 Å². The van der Waals surface area contributed by atoms with Gasteiger partial charge in [0.1, 0.15) is 0 Å². The Morgan fingerprint density at radius 3 is 2.95 bits per heavy atom. The third-order valence-corrected chi connectivity index (χ3v) is 4.08. The van der Waals surface area contributed by atoms with Crippen LogP contribution in [-0.2, 0) is 0 Å². The molecule has 2 atom stereocenters. The van der Waals surface area contributed by atoms with Gasteiger partial charge >= 0.3 is 0 Å². The van der Waals surface area contributed by atoms with E-state index in [0.29, 0.717) is 12.1 Å². The van der Waals surface area contributed by atoms with Gasteiger partial charge in [-0.25, -0.2) is 0 Å². The Balaban J connectivity index is 2.04. The van der Waals surface area contributed by atoms with E-state index in [1.165, 1.54) is 24.0 Å². The Labute approximate surface area is 116 Å². The summed E-state index contributed by atoms with van der Waals surface area (Å²) < 4.78 is 0. The summed E-state index contributed by atoms with van der Waals surface area (Å²) in [6.07, 6.45) is 2.53. The Bertz CT molecular complexity index is 388. The molecular weight excluding hydrogens is 236 g/mol. The zero-order valence-corrected chi connectivity index (χ0v) is 12.1. The lowest BCUT2D eigenvalue weighted by Gasteiger charge is -2.31. The molecule has 0 aliphatic carbocycles. The van der Waals surface area contributed by atoms with E-state index in [9.17, 15) is 5.11 Å². The van der Waals surface area contributed by atoms with E-state index in [1.54, 1.807) is 0 Å². The van der Waals surface area contributed by atoms with E-state index < -0.39 is 0 Å². The van der Waals surface area contributed by atoms with Crippen molar-refractivity contribution >= 4 is 0 Å². The van der Waals surface area contributed by atoms with Crippen molar-refractivity contribution in [3.63, 3.8) is 0 Å². The SMILES string of the molecule is Cc1cccc(C(C)N(CCO)CC2CCCN2)c1. The number of nitrogens with one attached hydrogen (secondary N) is 1. The number of benzene rings is 1. The molecule has 0 amide bonds. The standard InChI is InChI=1S/C16H26N2O/c1-13-5-3-6-15(11-13)14(2)18(9-10-19)12-16-7-4-8-17-16/h3,5-6,11,14,16-17,19H,4,7-10,12H2,1-2H3. The quantitative estimate of drug-likeness (QED) is 0.824. The maximum Gasteiger partial charge on any atom is 0.0558 e. The summed E-state index contributed by atoms with van der Waals surface area (Å²) >= 11 is 0. The first kappa shape index (κ1) is 14.5. The van der Waals surface area contributed by atoms with Crippen LogP contribution in [0, 0.1) is 6.92 Å². The zero-order valence-electron chi connectivity index (χ0n) is 12.1. The van der Waals surface area contributed by atoms with E-state index in [0.717, 1.165) is 19.6 Å². The Kier molecular flexibility index (Phi) is 5.37. The molecule has 1 aromatic carbocycles. The van der Waals surface area contributed by atoms with Crippen LogP contribution in [0.5, 0.6) is 0 Å². The number of aliphatic hydroxyl groups is 1. The molecular formula is C16H26N2O. The predicted octanol–water partition coefficient (Wildman–Crippen LogP) is 2.10. The zero-order chi connectivity index (χ0) is 13.7. The highest BCUT2D eigenvalue weighted by Gasteiger charge is 2.21. The summed E-state index contributed by atoms with van der Waals surface area (Å²) in [5.74, 6) is 0. The van der Waals surface area contributed by atoms with Crippen molar-refractivity contribution in [1.82, 2.24) is 10.2 Å². The largest absolute Gasteiger partial charge is 0.395 e. The molecule has 1 aliphatic heterocycles. The molecule has 3 nitrogen and oxygen atoms in total. The van der Waals surface area contributed by atoms with Gasteiger partial charge in [0.25, 0.3) is 0 Å². The number of aliphatic hydroxyl groups excluding tert-OH is 1. The lowest BCUT2D eigenvalue weighted by molar-refractivity contribution is 0.147. The van der Waals surface area contributed by atoms with Crippen molar-refractivity contribution in [3.05, 3.63) is 35.4 Å². The molecule has 0 bridgehead atoms. The molecule has 0 radical (unpaired) electrons. The second kappa shape index (κ2) is 7.04. The Hall–Kier alpha value is -0.900. The van der Waals surface area contributed by atoms with Crippen LogP contribution in [0.1, 0.15) is 36.9 Å². The number of nitrogens with zero attached hydrogens (tertiary/aromatic N) is 1. The van der Waals surface area contributed by atoms with Crippen LogP contribution in [0.2, 0.25) is 0 Å². The first-order valence-corrected chi connectivity index (χ1v) is 7.35. The maximum absolute atomic E-state index is 9.30. The Morgan fingerprint density at radius 2 is 2.32 bits per heavy atom. The summed E-state index contributed by atoms with van der Waals surface area (Å²) in [6, 6.07) is 9.62. The number of rotatable bonds is 6. The second-order valence-electron chi connectivity index (χ2n) is 5.60. The molecule has 1 fully saturated rings. The van der Waals surface area contributed by atoms with Gasteiger partial charge in [0.2, 0.25) is 0 Å². The molecule has 3 heteroatoms. The summed E-state index contributed by atoms with van der Waals surface area (Å²) in [5, 5.41) is 12.8. The lowest BCUT2D eigenvalue weighted by atomic mass is 10.0. The van der Waals surface area contributed by atoms with Gasteiger partial charge in [-0.1, -0.05) is 29.8 Å². The summed E-state index contributed by atoms with van der Waals surface area (Å²) in [5.41, 5.74) is 2.64. The lowest BCUT2D eigenvalue weighted by Crippen LogP contribution is -2.40.